The van der Waals surface area contributed by atoms with Crippen LogP contribution >= 0.6 is 11.6 Å². The molecule has 1 aromatic heterocycles. The molecule has 3 amide bonds. The lowest BCUT2D eigenvalue weighted by Crippen LogP contribution is -2.51. The van der Waals surface area contributed by atoms with Gasteiger partial charge in [-0.25, -0.2) is 4.79 Å². The van der Waals surface area contributed by atoms with Gasteiger partial charge in [-0.05, 0) is 39.8 Å². The zero-order valence-electron chi connectivity index (χ0n) is 15.9. The number of amides is 3. The minimum atomic E-state index is -0.573. The SMILES string of the molecule is CC1CN(C(=O)NC(C)(C)C)Cc2c(C(N)=O)c(-c3cccc(Cl)c3)nn21. The standard InChI is InChI=1S/C19H24ClN5O2/c1-11-9-24(18(27)22-19(2,3)4)10-14-15(17(21)26)16(23-25(11)14)12-6-5-7-13(20)8-12/h5-8,11H,9-10H2,1-4H3,(H2,21,26)(H,22,27). The minimum Gasteiger partial charge on any atom is -0.365 e. The largest absolute Gasteiger partial charge is 0.365 e. The van der Waals surface area contributed by atoms with Crippen LogP contribution in [-0.4, -0.2) is 38.7 Å². The Morgan fingerprint density at radius 1 is 1.33 bits per heavy atom. The third kappa shape index (κ3) is 3.93. The van der Waals surface area contributed by atoms with Crippen LogP contribution in [-0.2, 0) is 6.54 Å². The zero-order chi connectivity index (χ0) is 19.9. The van der Waals surface area contributed by atoms with Crippen molar-refractivity contribution in [2.45, 2.75) is 45.8 Å². The molecule has 0 saturated heterocycles. The van der Waals surface area contributed by atoms with E-state index in [9.17, 15) is 9.59 Å². The van der Waals surface area contributed by atoms with Crippen LogP contribution in [0, 0.1) is 0 Å². The topological polar surface area (TPSA) is 93.2 Å². The maximum Gasteiger partial charge on any atom is 0.318 e. The lowest BCUT2D eigenvalue weighted by Gasteiger charge is -2.34. The molecule has 144 valence electrons. The Bertz CT molecular complexity index is 900. The van der Waals surface area contributed by atoms with Crippen molar-refractivity contribution in [2.24, 2.45) is 5.73 Å². The Labute approximate surface area is 163 Å². The lowest BCUT2D eigenvalue weighted by molar-refractivity contribution is 0.0996. The van der Waals surface area contributed by atoms with E-state index in [-0.39, 0.29) is 24.2 Å². The van der Waals surface area contributed by atoms with Gasteiger partial charge in [0.2, 0.25) is 0 Å². The zero-order valence-corrected chi connectivity index (χ0v) is 16.7. The first-order valence-electron chi connectivity index (χ1n) is 8.81. The highest BCUT2D eigenvalue weighted by molar-refractivity contribution is 6.30. The second-order valence-corrected chi connectivity index (χ2v) is 8.34. The third-order valence-corrected chi connectivity index (χ3v) is 4.60. The lowest BCUT2D eigenvalue weighted by atomic mass is 10.0. The predicted molar refractivity (Wildman–Crippen MR) is 105 cm³/mol. The van der Waals surface area contributed by atoms with Gasteiger partial charge < -0.3 is 16.0 Å². The van der Waals surface area contributed by atoms with Crippen LogP contribution in [0.1, 0.15) is 49.8 Å². The van der Waals surface area contributed by atoms with E-state index in [1.807, 2.05) is 33.8 Å². The molecule has 0 fully saturated rings. The van der Waals surface area contributed by atoms with Gasteiger partial charge in [0.25, 0.3) is 5.91 Å². The first-order valence-corrected chi connectivity index (χ1v) is 9.19. The number of primary amides is 1. The van der Waals surface area contributed by atoms with E-state index >= 15 is 0 Å². The summed E-state index contributed by atoms with van der Waals surface area (Å²) in [5.74, 6) is -0.573. The second kappa shape index (κ2) is 6.88. The van der Waals surface area contributed by atoms with Crippen molar-refractivity contribution in [3.63, 3.8) is 0 Å². The van der Waals surface area contributed by atoms with E-state index in [4.69, 9.17) is 17.3 Å². The summed E-state index contributed by atoms with van der Waals surface area (Å²) in [6, 6.07) is 6.87. The molecule has 3 rings (SSSR count). The second-order valence-electron chi connectivity index (χ2n) is 7.90. The minimum absolute atomic E-state index is 0.0921. The van der Waals surface area contributed by atoms with E-state index in [0.717, 1.165) is 5.56 Å². The van der Waals surface area contributed by atoms with Gasteiger partial charge in [0.15, 0.2) is 0 Å². The smallest absolute Gasteiger partial charge is 0.318 e. The van der Waals surface area contributed by atoms with Crippen LogP contribution in [0.3, 0.4) is 0 Å². The van der Waals surface area contributed by atoms with Gasteiger partial charge >= 0.3 is 6.03 Å². The maximum absolute atomic E-state index is 12.6. The fourth-order valence-corrected chi connectivity index (χ4v) is 3.47. The number of halogens is 1. The predicted octanol–water partition coefficient (Wildman–Crippen LogP) is 3.19. The molecule has 27 heavy (non-hydrogen) atoms. The number of carbonyl (C=O) groups is 2. The number of hydrogen-bond acceptors (Lipinski definition) is 3. The van der Waals surface area contributed by atoms with Gasteiger partial charge in [0.05, 0.1) is 23.8 Å². The summed E-state index contributed by atoms with van der Waals surface area (Å²) >= 11 is 6.10. The van der Waals surface area contributed by atoms with Gasteiger partial charge in [0.1, 0.15) is 5.69 Å². The Morgan fingerprint density at radius 2 is 2.04 bits per heavy atom. The summed E-state index contributed by atoms with van der Waals surface area (Å²) in [5, 5.41) is 8.14. The number of aromatic nitrogens is 2. The molecule has 2 aromatic rings. The van der Waals surface area contributed by atoms with Gasteiger partial charge in [-0.15, -0.1) is 0 Å². The van der Waals surface area contributed by atoms with Crippen molar-refractivity contribution < 1.29 is 9.59 Å². The molecule has 0 radical (unpaired) electrons. The molecule has 1 atom stereocenters. The molecule has 7 nitrogen and oxygen atoms in total. The highest BCUT2D eigenvalue weighted by atomic mass is 35.5. The number of hydrogen-bond donors (Lipinski definition) is 2. The number of rotatable bonds is 2. The highest BCUT2D eigenvalue weighted by Crippen LogP contribution is 2.32. The Kier molecular flexibility index (Phi) is 4.90. The number of urea groups is 1. The van der Waals surface area contributed by atoms with Crippen LogP contribution in [0.25, 0.3) is 11.3 Å². The van der Waals surface area contributed by atoms with E-state index in [0.29, 0.717) is 28.5 Å². The van der Waals surface area contributed by atoms with Crippen molar-refractivity contribution in [1.82, 2.24) is 20.0 Å². The Morgan fingerprint density at radius 3 is 2.63 bits per heavy atom. The molecule has 0 spiro atoms. The van der Waals surface area contributed by atoms with Crippen molar-refractivity contribution >= 4 is 23.5 Å². The molecular weight excluding hydrogens is 366 g/mol. The number of benzene rings is 1. The number of nitrogens with two attached hydrogens (primary N) is 1. The number of nitrogens with one attached hydrogen (secondary N) is 1. The molecule has 0 saturated carbocycles. The fraction of sp³-hybridized carbons (Fsp3) is 0.421. The van der Waals surface area contributed by atoms with E-state index in [2.05, 4.69) is 10.4 Å². The summed E-state index contributed by atoms with van der Waals surface area (Å²) in [7, 11) is 0. The number of fused-ring (bicyclic) bond motifs is 1. The third-order valence-electron chi connectivity index (χ3n) is 4.37. The number of carbonyl (C=O) groups excluding carboxylic acids is 2. The van der Waals surface area contributed by atoms with E-state index < -0.39 is 5.91 Å². The first-order chi connectivity index (χ1) is 12.6. The average molecular weight is 390 g/mol. The molecular formula is C19H24ClN5O2. The van der Waals surface area contributed by atoms with E-state index in [1.54, 1.807) is 27.8 Å². The summed E-state index contributed by atoms with van der Waals surface area (Å²) in [6.07, 6.45) is 0. The van der Waals surface area contributed by atoms with Crippen LogP contribution in [0.4, 0.5) is 4.79 Å². The molecule has 1 aromatic carbocycles. The quantitative estimate of drug-likeness (QED) is 0.825. The number of nitrogens with zero attached hydrogens (tertiary/aromatic N) is 3. The summed E-state index contributed by atoms with van der Waals surface area (Å²) in [4.78, 5) is 26.5. The fourth-order valence-electron chi connectivity index (χ4n) is 3.28. The Balaban J connectivity index is 2.04. The highest BCUT2D eigenvalue weighted by Gasteiger charge is 2.33. The van der Waals surface area contributed by atoms with Gasteiger partial charge in [-0.3, -0.25) is 9.48 Å². The van der Waals surface area contributed by atoms with Crippen LogP contribution in [0.15, 0.2) is 24.3 Å². The molecule has 3 N–H and O–H groups in total. The van der Waals surface area contributed by atoms with Crippen LogP contribution in [0.2, 0.25) is 5.02 Å². The summed E-state index contributed by atoms with van der Waals surface area (Å²) < 4.78 is 1.79. The van der Waals surface area contributed by atoms with Crippen molar-refractivity contribution in [3.8, 4) is 11.3 Å². The average Bonchev–Trinajstić information content (AvgIpc) is 2.93. The van der Waals surface area contributed by atoms with Crippen molar-refractivity contribution in [3.05, 3.63) is 40.5 Å². The van der Waals surface area contributed by atoms with Crippen molar-refractivity contribution in [2.75, 3.05) is 6.54 Å². The normalized spacial score (nSPS) is 16.8. The maximum atomic E-state index is 12.6. The Hall–Kier alpha value is -2.54. The molecule has 1 aliphatic rings. The van der Waals surface area contributed by atoms with Gasteiger partial charge in [0, 0.05) is 22.7 Å². The van der Waals surface area contributed by atoms with Gasteiger partial charge in [-0.1, -0.05) is 23.7 Å². The molecule has 1 aliphatic heterocycles. The molecule has 1 unspecified atom stereocenters. The van der Waals surface area contributed by atoms with Crippen LogP contribution in [0.5, 0.6) is 0 Å². The van der Waals surface area contributed by atoms with Gasteiger partial charge in [-0.2, -0.15) is 5.10 Å². The summed E-state index contributed by atoms with van der Waals surface area (Å²) in [6.45, 7) is 8.49. The first kappa shape index (κ1) is 19.2. The molecule has 2 heterocycles. The van der Waals surface area contributed by atoms with E-state index in [1.165, 1.54) is 0 Å². The molecule has 8 heteroatoms. The monoisotopic (exact) mass is 389 g/mol. The van der Waals surface area contributed by atoms with Crippen molar-refractivity contribution in [1.29, 1.82) is 0 Å². The summed E-state index contributed by atoms with van der Waals surface area (Å²) in [5.41, 5.74) is 7.51. The molecule has 0 aliphatic carbocycles. The van der Waals surface area contributed by atoms with Crippen LogP contribution < -0.4 is 11.1 Å². The molecule has 0 bridgehead atoms.